The number of ether oxygens (including phenoxy) is 2. The van der Waals surface area contributed by atoms with Crippen molar-refractivity contribution < 1.29 is 18.7 Å². The summed E-state index contributed by atoms with van der Waals surface area (Å²) in [5.41, 5.74) is 3.15. The fourth-order valence-electron chi connectivity index (χ4n) is 4.81. The Morgan fingerprint density at radius 3 is 2.70 bits per heavy atom. The van der Waals surface area contributed by atoms with Gasteiger partial charge in [-0.05, 0) is 67.6 Å². The number of benzene rings is 2. The minimum absolute atomic E-state index is 0.0146. The van der Waals surface area contributed by atoms with Gasteiger partial charge in [0.1, 0.15) is 17.3 Å². The topological polar surface area (TPSA) is 42.0 Å². The summed E-state index contributed by atoms with van der Waals surface area (Å²) in [5.74, 6) is 1.41. The van der Waals surface area contributed by atoms with E-state index in [0.29, 0.717) is 6.54 Å². The highest BCUT2D eigenvalue weighted by Gasteiger charge is 2.34. The Kier molecular flexibility index (Phi) is 5.95. The molecule has 2 aromatic carbocycles. The van der Waals surface area contributed by atoms with Crippen molar-refractivity contribution >= 4 is 5.91 Å². The van der Waals surface area contributed by atoms with Gasteiger partial charge in [-0.15, -0.1) is 0 Å². The van der Waals surface area contributed by atoms with Gasteiger partial charge in [-0.3, -0.25) is 9.69 Å². The van der Waals surface area contributed by atoms with Crippen molar-refractivity contribution in [2.75, 3.05) is 33.9 Å². The van der Waals surface area contributed by atoms with Crippen LogP contribution in [0.3, 0.4) is 0 Å². The number of amides is 1. The molecule has 2 aliphatic heterocycles. The third-order valence-electron chi connectivity index (χ3n) is 6.48. The third kappa shape index (κ3) is 3.88. The molecule has 0 radical (unpaired) electrons. The van der Waals surface area contributed by atoms with Crippen molar-refractivity contribution in [2.24, 2.45) is 0 Å². The molecule has 30 heavy (non-hydrogen) atoms. The largest absolute Gasteiger partial charge is 0.497 e. The fraction of sp³-hybridized carbons (Fsp3) is 0.458. The molecule has 0 aromatic heterocycles. The van der Waals surface area contributed by atoms with Gasteiger partial charge < -0.3 is 14.4 Å². The number of hydrogen-bond acceptors (Lipinski definition) is 4. The van der Waals surface area contributed by atoms with Gasteiger partial charge in [-0.1, -0.05) is 6.07 Å². The number of rotatable bonds is 5. The molecule has 0 aliphatic carbocycles. The number of carbonyl (C=O) groups is 1. The molecule has 2 atom stereocenters. The van der Waals surface area contributed by atoms with Crippen LogP contribution in [0.5, 0.6) is 11.5 Å². The lowest BCUT2D eigenvalue weighted by Crippen LogP contribution is -2.43. The third-order valence-corrected chi connectivity index (χ3v) is 6.48. The summed E-state index contributed by atoms with van der Waals surface area (Å²) in [6, 6.07) is 10.7. The van der Waals surface area contributed by atoms with Crippen LogP contribution >= 0.6 is 0 Å². The molecule has 1 saturated heterocycles. The SMILES string of the molecule is COc1ccc(OC)c(C2CCCN2C(=O)CN2CCc3ccc(F)cc3C2C)c1. The molecule has 2 aliphatic rings. The molecule has 2 aromatic rings. The van der Waals surface area contributed by atoms with Crippen molar-refractivity contribution in [3.63, 3.8) is 0 Å². The van der Waals surface area contributed by atoms with Gasteiger partial charge in [0.05, 0.1) is 26.8 Å². The van der Waals surface area contributed by atoms with E-state index in [1.54, 1.807) is 20.3 Å². The molecule has 2 unspecified atom stereocenters. The molecule has 160 valence electrons. The lowest BCUT2D eigenvalue weighted by atomic mass is 9.93. The number of nitrogens with zero attached hydrogens (tertiary/aromatic N) is 2. The smallest absolute Gasteiger partial charge is 0.237 e. The first-order valence-electron chi connectivity index (χ1n) is 10.6. The van der Waals surface area contributed by atoms with E-state index in [-0.39, 0.29) is 23.8 Å². The van der Waals surface area contributed by atoms with E-state index in [1.165, 1.54) is 11.6 Å². The monoisotopic (exact) mass is 412 g/mol. The predicted octanol–water partition coefficient (Wildman–Crippen LogP) is 4.13. The maximum atomic E-state index is 13.8. The molecule has 6 heteroatoms. The zero-order chi connectivity index (χ0) is 21.3. The summed E-state index contributed by atoms with van der Waals surface area (Å²) < 4.78 is 24.7. The average Bonchev–Trinajstić information content (AvgIpc) is 3.25. The van der Waals surface area contributed by atoms with Crippen molar-refractivity contribution in [3.8, 4) is 11.5 Å². The van der Waals surface area contributed by atoms with Crippen molar-refractivity contribution in [1.29, 1.82) is 0 Å². The quantitative estimate of drug-likeness (QED) is 0.741. The summed E-state index contributed by atoms with van der Waals surface area (Å²) in [6.45, 7) is 3.92. The van der Waals surface area contributed by atoms with E-state index in [1.807, 2.05) is 29.2 Å². The highest BCUT2D eigenvalue weighted by atomic mass is 19.1. The molecule has 0 spiro atoms. The van der Waals surface area contributed by atoms with Crippen molar-refractivity contribution in [1.82, 2.24) is 9.80 Å². The molecule has 4 rings (SSSR count). The number of fused-ring (bicyclic) bond motifs is 1. The molecule has 1 amide bonds. The normalized spacial score (nSPS) is 21.4. The summed E-state index contributed by atoms with van der Waals surface area (Å²) in [5, 5.41) is 0. The van der Waals surface area contributed by atoms with Gasteiger partial charge in [0.15, 0.2) is 0 Å². The Bertz CT molecular complexity index is 933. The summed E-state index contributed by atoms with van der Waals surface area (Å²) in [6.07, 6.45) is 2.69. The van der Waals surface area contributed by atoms with Crippen LogP contribution in [-0.2, 0) is 11.2 Å². The van der Waals surface area contributed by atoms with Crippen LogP contribution in [0.15, 0.2) is 36.4 Å². The Balaban J connectivity index is 1.52. The number of hydrogen-bond donors (Lipinski definition) is 0. The molecular formula is C24H29FN2O3. The van der Waals surface area contributed by atoms with Gasteiger partial charge in [0, 0.05) is 24.7 Å². The zero-order valence-corrected chi connectivity index (χ0v) is 17.9. The maximum Gasteiger partial charge on any atom is 0.237 e. The second-order valence-electron chi connectivity index (χ2n) is 8.09. The maximum absolute atomic E-state index is 13.8. The van der Waals surface area contributed by atoms with E-state index >= 15 is 0 Å². The number of methoxy groups -OCH3 is 2. The fourth-order valence-corrected chi connectivity index (χ4v) is 4.81. The molecule has 5 nitrogen and oxygen atoms in total. The summed E-state index contributed by atoms with van der Waals surface area (Å²) >= 11 is 0. The first-order valence-corrected chi connectivity index (χ1v) is 10.6. The van der Waals surface area contributed by atoms with Crippen LogP contribution in [0.4, 0.5) is 4.39 Å². The Hall–Kier alpha value is -2.60. The zero-order valence-electron chi connectivity index (χ0n) is 17.9. The minimum atomic E-state index is -0.224. The molecule has 0 bridgehead atoms. The predicted molar refractivity (Wildman–Crippen MR) is 113 cm³/mol. The van der Waals surface area contributed by atoms with E-state index in [9.17, 15) is 9.18 Å². The number of carbonyl (C=O) groups excluding carboxylic acids is 1. The second-order valence-corrected chi connectivity index (χ2v) is 8.09. The summed E-state index contributed by atoms with van der Waals surface area (Å²) in [7, 11) is 3.29. The standard InChI is InChI=1S/C24H29FN2O3/c1-16-20-13-18(25)7-6-17(20)10-12-26(16)15-24(28)27-11-4-5-22(27)21-14-19(29-2)8-9-23(21)30-3/h6-9,13-14,16,22H,4-5,10-12,15H2,1-3H3. The van der Waals surface area contributed by atoms with Crippen LogP contribution in [-0.4, -0.2) is 49.6 Å². The highest BCUT2D eigenvalue weighted by molar-refractivity contribution is 5.79. The first kappa shape index (κ1) is 20.7. The van der Waals surface area contributed by atoms with Gasteiger partial charge >= 0.3 is 0 Å². The Morgan fingerprint density at radius 2 is 1.93 bits per heavy atom. The van der Waals surface area contributed by atoms with Gasteiger partial charge in [-0.25, -0.2) is 4.39 Å². The van der Waals surface area contributed by atoms with Gasteiger partial charge in [0.25, 0.3) is 0 Å². The van der Waals surface area contributed by atoms with E-state index in [4.69, 9.17) is 9.47 Å². The highest BCUT2D eigenvalue weighted by Crippen LogP contribution is 2.39. The van der Waals surface area contributed by atoms with Crippen LogP contribution in [0, 0.1) is 5.82 Å². The molecular weight excluding hydrogens is 383 g/mol. The van der Waals surface area contributed by atoms with Crippen molar-refractivity contribution in [3.05, 3.63) is 58.9 Å². The average molecular weight is 413 g/mol. The molecule has 0 saturated carbocycles. The summed E-state index contributed by atoms with van der Waals surface area (Å²) in [4.78, 5) is 17.4. The lowest BCUT2D eigenvalue weighted by Gasteiger charge is -2.36. The van der Waals surface area contributed by atoms with E-state index in [2.05, 4.69) is 11.8 Å². The van der Waals surface area contributed by atoms with Crippen LogP contribution < -0.4 is 9.47 Å². The Labute approximate surface area is 177 Å². The van der Waals surface area contributed by atoms with Crippen LogP contribution in [0.2, 0.25) is 0 Å². The minimum Gasteiger partial charge on any atom is -0.497 e. The Morgan fingerprint density at radius 1 is 1.10 bits per heavy atom. The van der Waals surface area contributed by atoms with E-state index < -0.39 is 0 Å². The number of halogens is 1. The van der Waals surface area contributed by atoms with Gasteiger partial charge in [-0.2, -0.15) is 0 Å². The van der Waals surface area contributed by atoms with Crippen LogP contribution in [0.1, 0.15) is 48.5 Å². The molecule has 0 N–H and O–H groups in total. The molecule has 2 heterocycles. The van der Waals surface area contributed by atoms with Gasteiger partial charge in [0.2, 0.25) is 5.91 Å². The van der Waals surface area contributed by atoms with Crippen LogP contribution in [0.25, 0.3) is 0 Å². The second kappa shape index (κ2) is 8.64. The number of likely N-dealkylation sites (tertiary alicyclic amines) is 1. The lowest BCUT2D eigenvalue weighted by molar-refractivity contribution is -0.134. The van der Waals surface area contributed by atoms with Crippen molar-refractivity contribution in [2.45, 2.75) is 38.3 Å². The first-order chi connectivity index (χ1) is 14.5. The van der Waals surface area contributed by atoms with E-state index in [0.717, 1.165) is 55.0 Å². The molecule has 1 fully saturated rings.